The smallest absolute Gasteiger partial charge is 0.224 e. The highest BCUT2D eigenvalue weighted by Crippen LogP contribution is 2.16. The van der Waals surface area contributed by atoms with Crippen LogP contribution in [0.15, 0.2) is 12.0 Å². The molecule has 0 aromatic heterocycles. The van der Waals surface area contributed by atoms with E-state index in [4.69, 9.17) is 0 Å². The number of hydrogen-bond donors (Lipinski definition) is 3. The minimum absolute atomic E-state index is 0.0700. The summed E-state index contributed by atoms with van der Waals surface area (Å²) < 4.78 is 23.4. The summed E-state index contributed by atoms with van der Waals surface area (Å²) in [5.74, 6) is -1.77. The van der Waals surface area contributed by atoms with Crippen molar-refractivity contribution in [2.45, 2.75) is 39.5 Å². The van der Waals surface area contributed by atoms with Crippen molar-refractivity contribution in [3.8, 4) is 0 Å². The maximum absolute atomic E-state index is 12.3. The quantitative estimate of drug-likeness (QED) is 0.190. The molecule has 3 N–H and O–H groups in total. The fraction of sp³-hybridized carbons (Fsp3) is 0.750. The number of carbonyl (C=O) groups excluding carboxylic acids is 3. The Hall–Kier alpha value is -1.94. The molecule has 0 aromatic rings. The van der Waals surface area contributed by atoms with E-state index in [0.29, 0.717) is 19.4 Å². The lowest BCUT2D eigenvalue weighted by molar-refractivity contribution is -0.870. The standard InChI is InChI=1S/C20H38N4O5S/c1-7-17(14-16(3)19(26)21-11-9-12-24(4,5)6)20(27)23-15-22-18(25)10-13-30(28,29)8-2/h8,16-17H,2,7,9-15H2,1,3-6H3,(H2-,21,22,23,25,26,27)/p+1. The lowest BCUT2D eigenvalue weighted by Crippen LogP contribution is -2.41. The van der Waals surface area contributed by atoms with Crippen LogP contribution in [0.5, 0.6) is 0 Å². The number of nitrogens with zero attached hydrogens (tertiary/aromatic N) is 1. The van der Waals surface area contributed by atoms with Crippen LogP contribution in [-0.4, -0.2) is 77.3 Å². The summed E-state index contributed by atoms with van der Waals surface area (Å²) in [6.07, 6.45) is 1.66. The van der Waals surface area contributed by atoms with Crippen LogP contribution >= 0.6 is 0 Å². The molecule has 2 atom stereocenters. The molecule has 0 rings (SSSR count). The predicted molar refractivity (Wildman–Crippen MR) is 118 cm³/mol. The van der Waals surface area contributed by atoms with Gasteiger partial charge in [-0.2, -0.15) is 0 Å². The highest BCUT2D eigenvalue weighted by molar-refractivity contribution is 7.94. The number of carbonyl (C=O) groups is 3. The summed E-state index contributed by atoms with van der Waals surface area (Å²) in [4.78, 5) is 36.3. The first-order valence-corrected chi connectivity index (χ1v) is 12.0. The average Bonchev–Trinajstić information content (AvgIpc) is 2.66. The molecule has 2 unspecified atom stereocenters. The zero-order valence-corrected chi connectivity index (χ0v) is 19.8. The summed E-state index contributed by atoms with van der Waals surface area (Å²) in [5.41, 5.74) is 0. The number of sulfone groups is 1. The van der Waals surface area contributed by atoms with Gasteiger partial charge >= 0.3 is 0 Å². The van der Waals surface area contributed by atoms with E-state index >= 15 is 0 Å². The lowest BCUT2D eigenvalue weighted by Gasteiger charge is -2.24. The SMILES string of the molecule is C=CS(=O)(=O)CCC(=O)NCNC(=O)C(CC)CC(C)C(=O)NCCC[N+](C)(C)C. The first-order chi connectivity index (χ1) is 13.8. The van der Waals surface area contributed by atoms with Crippen molar-refractivity contribution >= 4 is 27.6 Å². The average molecular weight is 448 g/mol. The van der Waals surface area contributed by atoms with Crippen LogP contribution in [0.3, 0.4) is 0 Å². The molecule has 0 saturated carbocycles. The number of quaternary nitrogens is 1. The largest absolute Gasteiger partial charge is 0.356 e. The van der Waals surface area contributed by atoms with E-state index in [2.05, 4.69) is 43.7 Å². The van der Waals surface area contributed by atoms with Gasteiger partial charge in [0.15, 0.2) is 9.84 Å². The maximum Gasteiger partial charge on any atom is 0.224 e. The third-order valence-corrected chi connectivity index (χ3v) is 5.95. The normalized spacial score (nSPS) is 13.8. The van der Waals surface area contributed by atoms with Gasteiger partial charge in [-0.15, -0.1) is 0 Å². The highest BCUT2D eigenvalue weighted by Gasteiger charge is 2.23. The molecule has 10 heteroatoms. The lowest BCUT2D eigenvalue weighted by atomic mass is 9.92. The number of nitrogens with one attached hydrogen (secondary N) is 3. The van der Waals surface area contributed by atoms with Crippen LogP contribution in [0.2, 0.25) is 0 Å². The van der Waals surface area contributed by atoms with Crippen LogP contribution in [0, 0.1) is 11.8 Å². The summed E-state index contributed by atoms with van der Waals surface area (Å²) in [6.45, 7) is 8.33. The molecule has 0 fully saturated rings. The van der Waals surface area contributed by atoms with E-state index in [1.165, 1.54) is 0 Å². The van der Waals surface area contributed by atoms with Crippen molar-refractivity contribution in [1.82, 2.24) is 16.0 Å². The number of hydrogen-bond acceptors (Lipinski definition) is 5. The van der Waals surface area contributed by atoms with Crippen LogP contribution in [0.1, 0.15) is 39.5 Å². The van der Waals surface area contributed by atoms with Crippen molar-refractivity contribution in [2.75, 3.05) is 46.7 Å². The minimum atomic E-state index is -3.43. The van der Waals surface area contributed by atoms with Crippen molar-refractivity contribution < 1.29 is 27.3 Å². The molecular weight excluding hydrogens is 408 g/mol. The molecule has 0 radical (unpaired) electrons. The van der Waals surface area contributed by atoms with E-state index in [0.717, 1.165) is 22.9 Å². The molecule has 0 spiro atoms. The molecule has 0 heterocycles. The van der Waals surface area contributed by atoms with Gasteiger partial charge in [0.1, 0.15) is 0 Å². The minimum Gasteiger partial charge on any atom is -0.356 e. The zero-order valence-electron chi connectivity index (χ0n) is 19.0. The van der Waals surface area contributed by atoms with E-state index in [9.17, 15) is 22.8 Å². The molecule has 0 bridgehead atoms. The van der Waals surface area contributed by atoms with Crippen LogP contribution < -0.4 is 16.0 Å². The van der Waals surface area contributed by atoms with Crippen molar-refractivity contribution in [3.05, 3.63) is 12.0 Å². The Labute approximate surface area is 181 Å². The summed E-state index contributed by atoms with van der Waals surface area (Å²) in [6, 6.07) is 0. The summed E-state index contributed by atoms with van der Waals surface area (Å²) in [5, 5.41) is 8.81. The second-order valence-corrected chi connectivity index (χ2v) is 10.6. The Bertz CT molecular complexity index is 686. The Morgan fingerprint density at radius 2 is 1.70 bits per heavy atom. The van der Waals surface area contributed by atoms with Crippen molar-refractivity contribution in [1.29, 1.82) is 0 Å². The Morgan fingerprint density at radius 1 is 1.07 bits per heavy atom. The molecule has 0 aliphatic heterocycles. The monoisotopic (exact) mass is 447 g/mol. The molecule has 0 aliphatic carbocycles. The van der Waals surface area contributed by atoms with Gasteiger partial charge in [-0.25, -0.2) is 8.42 Å². The molecule has 3 amide bonds. The van der Waals surface area contributed by atoms with Crippen LogP contribution in [0.4, 0.5) is 0 Å². The van der Waals surface area contributed by atoms with Gasteiger partial charge in [0, 0.05) is 36.6 Å². The highest BCUT2D eigenvalue weighted by atomic mass is 32.2. The van der Waals surface area contributed by atoms with E-state index in [-0.39, 0.29) is 42.5 Å². The zero-order chi connectivity index (χ0) is 23.4. The van der Waals surface area contributed by atoms with Gasteiger partial charge in [-0.1, -0.05) is 20.4 Å². The third-order valence-electron chi connectivity index (χ3n) is 4.67. The Morgan fingerprint density at radius 3 is 2.23 bits per heavy atom. The van der Waals surface area contributed by atoms with Gasteiger partial charge in [-0.05, 0) is 12.8 Å². The van der Waals surface area contributed by atoms with Crippen LogP contribution in [0.25, 0.3) is 0 Å². The van der Waals surface area contributed by atoms with E-state index in [1.54, 1.807) is 6.92 Å². The van der Waals surface area contributed by atoms with Gasteiger partial charge in [0.05, 0.1) is 40.1 Å². The van der Waals surface area contributed by atoms with Gasteiger partial charge in [0.25, 0.3) is 0 Å². The van der Waals surface area contributed by atoms with Crippen molar-refractivity contribution in [3.63, 3.8) is 0 Å². The molecule has 0 saturated heterocycles. The molecule has 0 aromatic carbocycles. The summed E-state index contributed by atoms with van der Waals surface area (Å²) in [7, 11) is 2.86. The van der Waals surface area contributed by atoms with E-state index < -0.39 is 15.7 Å². The second-order valence-electron chi connectivity index (χ2n) is 8.50. The first-order valence-electron chi connectivity index (χ1n) is 10.3. The number of rotatable bonds is 15. The van der Waals surface area contributed by atoms with Crippen LogP contribution in [-0.2, 0) is 24.2 Å². The first kappa shape index (κ1) is 28.1. The fourth-order valence-corrected chi connectivity index (χ4v) is 3.35. The Balaban J connectivity index is 4.29. The van der Waals surface area contributed by atoms with E-state index in [1.807, 2.05) is 6.92 Å². The molecule has 0 aliphatic rings. The fourth-order valence-electron chi connectivity index (χ4n) is 2.71. The van der Waals surface area contributed by atoms with Gasteiger partial charge in [0.2, 0.25) is 17.7 Å². The topological polar surface area (TPSA) is 121 Å². The molecule has 9 nitrogen and oxygen atoms in total. The predicted octanol–water partition coefficient (Wildman–Crippen LogP) is 0.390. The second kappa shape index (κ2) is 13.4. The Kier molecular flexibility index (Phi) is 12.5. The third kappa shape index (κ3) is 13.3. The molecule has 30 heavy (non-hydrogen) atoms. The van der Waals surface area contributed by atoms with Gasteiger partial charge in [-0.3, -0.25) is 14.4 Å². The van der Waals surface area contributed by atoms with Crippen molar-refractivity contribution in [2.24, 2.45) is 11.8 Å². The summed E-state index contributed by atoms with van der Waals surface area (Å²) >= 11 is 0. The molecular formula is C20H39N4O5S+. The van der Waals surface area contributed by atoms with Gasteiger partial charge < -0.3 is 20.4 Å². The maximum atomic E-state index is 12.3. The number of amides is 3. The molecule has 174 valence electrons.